The number of nitrogens with zero attached hydrogens (tertiary/aromatic N) is 4. The largest absolute Gasteiger partial charge is 0.367 e. The van der Waals surface area contributed by atoms with Gasteiger partial charge in [0.15, 0.2) is 0 Å². The van der Waals surface area contributed by atoms with Gasteiger partial charge in [0, 0.05) is 50.6 Å². The third kappa shape index (κ3) is 3.89. The van der Waals surface area contributed by atoms with Crippen molar-refractivity contribution in [2.24, 2.45) is 0 Å². The Balaban J connectivity index is 1.44. The Labute approximate surface area is 172 Å². The minimum Gasteiger partial charge on any atom is -0.367 e. The van der Waals surface area contributed by atoms with Crippen LogP contribution in [-0.4, -0.2) is 41.0 Å². The fraction of sp³-hybridized carbons (Fsp3) is 0.318. The molecule has 4 rings (SSSR count). The normalized spacial score (nSPS) is 14.8. The van der Waals surface area contributed by atoms with Crippen molar-refractivity contribution in [2.75, 3.05) is 31.1 Å². The van der Waals surface area contributed by atoms with Crippen LogP contribution < -0.4 is 10.5 Å². The van der Waals surface area contributed by atoms with Crippen LogP contribution in [0.3, 0.4) is 0 Å². The highest BCUT2D eigenvalue weighted by Crippen LogP contribution is 2.24. The fourth-order valence-corrected chi connectivity index (χ4v) is 3.79. The van der Waals surface area contributed by atoms with Crippen LogP contribution in [0.15, 0.2) is 35.3 Å². The monoisotopic (exact) mass is 409 g/mol. The van der Waals surface area contributed by atoms with Crippen molar-refractivity contribution in [3.8, 4) is 6.07 Å². The van der Waals surface area contributed by atoms with E-state index in [9.17, 15) is 13.6 Å². The Morgan fingerprint density at radius 3 is 2.60 bits per heavy atom. The van der Waals surface area contributed by atoms with Gasteiger partial charge in [-0.15, -0.1) is 0 Å². The molecule has 0 aliphatic carbocycles. The van der Waals surface area contributed by atoms with E-state index in [-0.39, 0.29) is 16.8 Å². The van der Waals surface area contributed by atoms with Gasteiger partial charge in [-0.3, -0.25) is 14.7 Å². The van der Waals surface area contributed by atoms with Gasteiger partial charge in [0.1, 0.15) is 17.7 Å². The van der Waals surface area contributed by atoms with Gasteiger partial charge in [-0.05, 0) is 30.2 Å². The van der Waals surface area contributed by atoms with E-state index in [1.807, 2.05) is 25.3 Å². The maximum atomic E-state index is 14.3. The first-order valence-corrected chi connectivity index (χ1v) is 9.85. The number of aromatic amines is 1. The molecule has 3 aromatic rings. The molecular formula is C22H21F2N5O. The van der Waals surface area contributed by atoms with Crippen molar-refractivity contribution >= 4 is 16.7 Å². The standard InChI is InChI=1S/C22H21F2N5O/c1-2-15-9-19-20(27-22(15)30)7-14(12-26-19)13-28-3-5-29(6-4-28)21-10-17(23)16(11-25)8-18(21)24/h7-10,12H,2-6,13H2,1H3,(H,27,30). The van der Waals surface area contributed by atoms with Crippen molar-refractivity contribution in [3.63, 3.8) is 0 Å². The van der Waals surface area contributed by atoms with Gasteiger partial charge in [0.05, 0.1) is 22.3 Å². The van der Waals surface area contributed by atoms with E-state index in [0.717, 1.165) is 23.2 Å². The van der Waals surface area contributed by atoms with Gasteiger partial charge in [-0.2, -0.15) is 5.26 Å². The first kappa shape index (κ1) is 20.0. The minimum atomic E-state index is -0.709. The van der Waals surface area contributed by atoms with Gasteiger partial charge in [-0.1, -0.05) is 6.92 Å². The molecule has 0 bridgehead atoms. The van der Waals surface area contributed by atoms with E-state index < -0.39 is 11.6 Å². The zero-order valence-electron chi connectivity index (χ0n) is 16.6. The summed E-state index contributed by atoms with van der Waals surface area (Å²) in [5.41, 5.74) is 2.97. The van der Waals surface area contributed by atoms with E-state index in [2.05, 4.69) is 14.9 Å². The lowest BCUT2D eigenvalue weighted by atomic mass is 10.1. The molecular weight excluding hydrogens is 388 g/mol. The van der Waals surface area contributed by atoms with Crippen molar-refractivity contribution < 1.29 is 8.78 Å². The van der Waals surface area contributed by atoms with Gasteiger partial charge >= 0.3 is 0 Å². The number of benzene rings is 1. The molecule has 8 heteroatoms. The summed E-state index contributed by atoms with van der Waals surface area (Å²) >= 11 is 0. The quantitative estimate of drug-likeness (QED) is 0.717. The lowest BCUT2D eigenvalue weighted by Gasteiger charge is -2.36. The average Bonchev–Trinajstić information content (AvgIpc) is 2.75. The summed E-state index contributed by atoms with van der Waals surface area (Å²) in [6.45, 7) is 5.01. The average molecular weight is 409 g/mol. The third-order valence-electron chi connectivity index (χ3n) is 5.48. The van der Waals surface area contributed by atoms with Crippen LogP contribution in [0.5, 0.6) is 0 Å². The number of anilines is 1. The van der Waals surface area contributed by atoms with Gasteiger partial charge in [0.25, 0.3) is 5.56 Å². The third-order valence-corrected chi connectivity index (χ3v) is 5.48. The lowest BCUT2D eigenvalue weighted by Crippen LogP contribution is -2.46. The molecule has 0 unspecified atom stereocenters. The number of nitriles is 1. The Morgan fingerprint density at radius 2 is 1.90 bits per heavy atom. The number of halogens is 2. The number of hydrogen-bond acceptors (Lipinski definition) is 5. The molecule has 0 atom stereocenters. The number of H-pyrrole nitrogens is 1. The SMILES string of the molecule is CCc1cc2ncc(CN3CCN(c4cc(F)c(C#N)cc4F)CC3)cc2[nH]c1=O. The smallest absolute Gasteiger partial charge is 0.251 e. The Kier molecular flexibility index (Phi) is 5.46. The van der Waals surface area contributed by atoms with Crippen LogP contribution in [0.1, 0.15) is 23.6 Å². The van der Waals surface area contributed by atoms with Gasteiger partial charge < -0.3 is 9.88 Å². The second kappa shape index (κ2) is 8.20. The molecule has 3 heterocycles. The van der Waals surface area contributed by atoms with Crippen molar-refractivity contribution in [3.05, 3.63) is 69.1 Å². The van der Waals surface area contributed by atoms with E-state index in [0.29, 0.717) is 50.2 Å². The maximum absolute atomic E-state index is 14.3. The Bertz CT molecular complexity index is 1190. The molecule has 0 saturated carbocycles. The van der Waals surface area contributed by atoms with Crippen LogP contribution in [-0.2, 0) is 13.0 Å². The number of aromatic nitrogens is 2. The Morgan fingerprint density at radius 1 is 1.13 bits per heavy atom. The summed E-state index contributed by atoms with van der Waals surface area (Å²) in [6, 6.07) is 7.45. The number of hydrogen-bond donors (Lipinski definition) is 1. The van der Waals surface area contributed by atoms with E-state index in [1.54, 1.807) is 11.0 Å². The lowest BCUT2D eigenvalue weighted by molar-refractivity contribution is 0.249. The molecule has 1 saturated heterocycles. The van der Waals surface area contributed by atoms with Crippen LogP contribution >= 0.6 is 0 Å². The van der Waals surface area contributed by atoms with E-state index in [4.69, 9.17) is 5.26 Å². The highest BCUT2D eigenvalue weighted by Gasteiger charge is 2.21. The number of fused-ring (bicyclic) bond motifs is 1. The van der Waals surface area contributed by atoms with Crippen LogP contribution in [0.2, 0.25) is 0 Å². The fourth-order valence-electron chi connectivity index (χ4n) is 3.79. The first-order valence-electron chi connectivity index (χ1n) is 9.85. The molecule has 0 radical (unpaired) electrons. The summed E-state index contributed by atoms with van der Waals surface area (Å²) in [4.78, 5) is 23.4. The van der Waals surface area contributed by atoms with Crippen LogP contribution in [0.25, 0.3) is 11.0 Å². The van der Waals surface area contributed by atoms with Crippen molar-refractivity contribution in [1.82, 2.24) is 14.9 Å². The summed E-state index contributed by atoms with van der Waals surface area (Å²) < 4.78 is 28.2. The summed E-state index contributed by atoms with van der Waals surface area (Å²) in [7, 11) is 0. The number of nitrogens with one attached hydrogen (secondary N) is 1. The van der Waals surface area contributed by atoms with Gasteiger partial charge in [0.2, 0.25) is 0 Å². The molecule has 1 aliphatic heterocycles. The molecule has 0 amide bonds. The minimum absolute atomic E-state index is 0.0887. The maximum Gasteiger partial charge on any atom is 0.251 e. The number of pyridine rings is 2. The second-order valence-electron chi connectivity index (χ2n) is 7.41. The predicted octanol–water partition coefficient (Wildman–Crippen LogP) is 2.96. The van der Waals surface area contributed by atoms with E-state index >= 15 is 0 Å². The molecule has 0 spiro atoms. The van der Waals surface area contributed by atoms with Crippen molar-refractivity contribution in [1.29, 1.82) is 5.26 Å². The first-order chi connectivity index (χ1) is 14.5. The summed E-state index contributed by atoms with van der Waals surface area (Å²) in [6.07, 6.45) is 2.46. The molecule has 6 nitrogen and oxygen atoms in total. The summed E-state index contributed by atoms with van der Waals surface area (Å²) in [5, 5.41) is 8.82. The summed E-state index contributed by atoms with van der Waals surface area (Å²) in [5.74, 6) is -1.30. The molecule has 30 heavy (non-hydrogen) atoms. The molecule has 1 N–H and O–H groups in total. The molecule has 1 aliphatic rings. The topological polar surface area (TPSA) is 76.0 Å². The molecule has 1 aromatic carbocycles. The van der Waals surface area contributed by atoms with Gasteiger partial charge in [-0.25, -0.2) is 8.78 Å². The van der Waals surface area contributed by atoms with Crippen LogP contribution in [0, 0.1) is 23.0 Å². The highest BCUT2D eigenvalue weighted by atomic mass is 19.1. The van der Waals surface area contributed by atoms with Crippen LogP contribution in [0.4, 0.5) is 14.5 Å². The second-order valence-corrected chi connectivity index (χ2v) is 7.41. The van der Waals surface area contributed by atoms with E-state index in [1.165, 1.54) is 0 Å². The van der Waals surface area contributed by atoms with Crippen molar-refractivity contribution in [2.45, 2.75) is 19.9 Å². The molecule has 154 valence electrons. The molecule has 2 aromatic heterocycles. The number of aryl methyl sites for hydroxylation is 1. The molecule has 1 fully saturated rings. The number of piperazine rings is 1. The zero-order chi connectivity index (χ0) is 21.3. The zero-order valence-corrected chi connectivity index (χ0v) is 16.6. The number of rotatable bonds is 4. The Hall–Kier alpha value is -3.31. The highest BCUT2D eigenvalue weighted by molar-refractivity contribution is 5.74. The predicted molar refractivity (Wildman–Crippen MR) is 110 cm³/mol.